The monoisotopic (exact) mass is 389 g/mol. The van der Waals surface area contributed by atoms with Crippen LogP contribution in [-0.4, -0.2) is 14.1 Å². The number of nitriles is 1. The van der Waals surface area contributed by atoms with Gasteiger partial charge in [0.2, 0.25) is 5.56 Å². The van der Waals surface area contributed by atoms with Crippen molar-refractivity contribution in [2.75, 3.05) is 5.73 Å². The molecule has 0 radical (unpaired) electrons. The van der Waals surface area contributed by atoms with Gasteiger partial charge < -0.3 is 14.9 Å². The Kier molecular flexibility index (Phi) is 4.17. The van der Waals surface area contributed by atoms with E-state index in [1.165, 1.54) is 16.8 Å². The molecule has 0 aliphatic carbocycles. The highest BCUT2D eigenvalue weighted by molar-refractivity contribution is 6.36. The van der Waals surface area contributed by atoms with Crippen LogP contribution in [0.2, 0.25) is 5.02 Å². The predicted molar refractivity (Wildman–Crippen MR) is 111 cm³/mol. The van der Waals surface area contributed by atoms with E-state index < -0.39 is 0 Å². The number of anilines is 1. The van der Waals surface area contributed by atoms with E-state index in [-0.39, 0.29) is 5.56 Å². The molecule has 0 fully saturated rings. The zero-order valence-electron chi connectivity index (χ0n) is 15.3. The second-order valence-corrected chi connectivity index (χ2v) is 7.01. The number of pyridine rings is 2. The highest BCUT2D eigenvalue weighted by Gasteiger charge is 2.17. The maximum Gasteiger partial charge on any atom is 0.250 e. The average molecular weight is 390 g/mol. The molecule has 0 bridgehead atoms. The van der Waals surface area contributed by atoms with Crippen molar-refractivity contribution in [1.82, 2.24) is 14.1 Å². The van der Waals surface area contributed by atoms with Gasteiger partial charge in [-0.2, -0.15) is 5.26 Å². The Balaban J connectivity index is 2.11. The molecule has 0 amide bonds. The van der Waals surface area contributed by atoms with Crippen molar-refractivity contribution >= 4 is 28.2 Å². The zero-order valence-corrected chi connectivity index (χ0v) is 16.0. The lowest BCUT2D eigenvalue weighted by Gasteiger charge is -2.08. The van der Waals surface area contributed by atoms with Gasteiger partial charge in [-0.25, -0.2) is 0 Å². The standard InChI is InChI=1S/C21H16ClN5O/c1-12-5-19-15(6-13(12)7-23)17(16-8-25-9-18(24)21(16)22)11-27(19)14-3-4-20(28)26(2)10-14/h3-6,8-11H,24H2,1-2H3. The molecule has 0 atom stereocenters. The second-order valence-electron chi connectivity index (χ2n) is 6.64. The predicted octanol–water partition coefficient (Wildman–Crippen LogP) is 3.81. The fourth-order valence-electron chi connectivity index (χ4n) is 3.30. The summed E-state index contributed by atoms with van der Waals surface area (Å²) in [6, 6.07) is 9.31. The number of nitrogen functional groups attached to an aromatic ring is 1. The molecule has 0 spiro atoms. The summed E-state index contributed by atoms with van der Waals surface area (Å²) >= 11 is 6.45. The van der Waals surface area contributed by atoms with Gasteiger partial charge in [-0.3, -0.25) is 9.78 Å². The van der Waals surface area contributed by atoms with Gasteiger partial charge in [-0.05, 0) is 30.7 Å². The van der Waals surface area contributed by atoms with Gasteiger partial charge in [0.05, 0.1) is 39.7 Å². The van der Waals surface area contributed by atoms with E-state index in [0.717, 1.165) is 27.7 Å². The van der Waals surface area contributed by atoms with E-state index in [1.54, 1.807) is 25.5 Å². The van der Waals surface area contributed by atoms with Crippen LogP contribution in [-0.2, 0) is 7.05 Å². The molecule has 7 heteroatoms. The van der Waals surface area contributed by atoms with Crippen LogP contribution in [0.4, 0.5) is 5.69 Å². The SMILES string of the molecule is Cc1cc2c(cc1C#N)c(-c1cncc(N)c1Cl)cn2-c1ccc(=O)n(C)c1. The minimum Gasteiger partial charge on any atom is -0.396 e. The third-order valence-corrected chi connectivity index (χ3v) is 5.24. The molecule has 0 aliphatic rings. The zero-order chi connectivity index (χ0) is 20.0. The normalized spacial score (nSPS) is 10.9. The number of nitrogens with two attached hydrogens (primary N) is 1. The van der Waals surface area contributed by atoms with Crippen molar-refractivity contribution in [2.24, 2.45) is 7.05 Å². The molecule has 3 heterocycles. The molecule has 6 nitrogen and oxygen atoms in total. The van der Waals surface area contributed by atoms with Crippen LogP contribution in [0.15, 0.2) is 53.8 Å². The third kappa shape index (κ3) is 2.73. The Bertz CT molecular complexity index is 1340. The van der Waals surface area contributed by atoms with E-state index in [1.807, 2.05) is 29.8 Å². The number of hydrogen-bond acceptors (Lipinski definition) is 4. The summed E-state index contributed by atoms with van der Waals surface area (Å²) in [5.41, 5.74) is 10.9. The Hall–Kier alpha value is -3.56. The highest BCUT2D eigenvalue weighted by atomic mass is 35.5. The van der Waals surface area contributed by atoms with E-state index in [2.05, 4.69) is 11.1 Å². The summed E-state index contributed by atoms with van der Waals surface area (Å²) in [5.74, 6) is 0. The van der Waals surface area contributed by atoms with Gasteiger partial charge in [0.15, 0.2) is 0 Å². The highest BCUT2D eigenvalue weighted by Crippen LogP contribution is 2.38. The van der Waals surface area contributed by atoms with Crippen LogP contribution in [0.25, 0.3) is 27.7 Å². The molecule has 4 rings (SSSR count). The van der Waals surface area contributed by atoms with Gasteiger partial charge in [0, 0.05) is 48.2 Å². The van der Waals surface area contributed by atoms with Gasteiger partial charge in [-0.1, -0.05) is 11.6 Å². The molecular formula is C21H16ClN5O. The van der Waals surface area contributed by atoms with E-state index in [9.17, 15) is 10.1 Å². The summed E-state index contributed by atoms with van der Waals surface area (Å²) in [6.07, 6.45) is 6.85. The summed E-state index contributed by atoms with van der Waals surface area (Å²) in [7, 11) is 1.70. The first-order valence-corrected chi connectivity index (χ1v) is 8.90. The van der Waals surface area contributed by atoms with Crippen molar-refractivity contribution < 1.29 is 0 Å². The van der Waals surface area contributed by atoms with Crippen molar-refractivity contribution in [3.8, 4) is 22.9 Å². The van der Waals surface area contributed by atoms with E-state index in [4.69, 9.17) is 17.3 Å². The molecule has 1 aromatic carbocycles. The summed E-state index contributed by atoms with van der Waals surface area (Å²) < 4.78 is 3.49. The van der Waals surface area contributed by atoms with Crippen LogP contribution in [0, 0.1) is 18.3 Å². The van der Waals surface area contributed by atoms with Gasteiger partial charge >= 0.3 is 0 Å². The maximum absolute atomic E-state index is 11.8. The van der Waals surface area contributed by atoms with Crippen molar-refractivity contribution in [2.45, 2.75) is 6.92 Å². The maximum atomic E-state index is 11.8. The molecule has 3 aromatic heterocycles. The lowest BCUT2D eigenvalue weighted by atomic mass is 10.0. The Morgan fingerprint density at radius 1 is 1.18 bits per heavy atom. The molecule has 0 saturated carbocycles. The van der Waals surface area contributed by atoms with Crippen LogP contribution in [0.3, 0.4) is 0 Å². The molecular weight excluding hydrogens is 374 g/mol. The number of nitrogens with zero attached hydrogens (tertiary/aromatic N) is 4. The second kappa shape index (κ2) is 6.55. The van der Waals surface area contributed by atoms with Crippen molar-refractivity contribution in [3.63, 3.8) is 0 Å². The molecule has 0 saturated heterocycles. The van der Waals surface area contributed by atoms with Gasteiger partial charge in [-0.15, -0.1) is 0 Å². The fraction of sp³-hybridized carbons (Fsp3) is 0.0952. The number of fused-ring (bicyclic) bond motifs is 1. The number of rotatable bonds is 2. The first kappa shape index (κ1) is 17.8. The molecule has 4 aromatic rings. The topological polar surface area (TPSA) is 89.6 Å². The summed E-state index contributed by atoms with van der Waals surface area (Å²) in [4.78, 5) is 16.0. The number of halogens is 1. The van der Waals surface area contributed by atoms with Crippen molar-refractivity contribution in [3.05, 3.63) is 75.6 Å². The van der Waals surface area contributed by atoms with Crippen LogP contribution in [0.1, 0.15) is 11.1 Å². The molecule has 0 unspecified atom stereocenters. The average Bonchev–Trinajstić information content (AvgIpc) is 3.03. The number of benzene rings is 1. The van der Waals surface area contributed by atoms with Crippen LogP contribution < -0.4 is 11.3 Å². The quantitative estimate of drug-likeness (QED) is 0.564. The molecule has 138 valence electrons. The minimum absolute atomic E-state index is 0.0912. The molecule has 28 heavy (non-hydrogen) atoms. The summed E-state index contributed by atoms with van der Waals surface area (Å²) in [5, 5.41) is 10.7. The van der Waals surface area contributed by atoms with Crippen LogP contribution >= 0.6 is 11.6 Å². The molecule has 0 aliphatic heterocycles. The lowest BCUT2D eigenvalue weighted by Crippen LogP contribution is -2.15. The Morgan fingerprint density at radius 3 is 2.68 bits per heavy atom. The number of aromatic nitrogens is 3. The minimum atomic E-state index is -0.0912. The first-order chi connectivity index (χ1) is 13.4. The third-order valence-electron chi connectivity index (χ3n) is 4.82. The Labute approximate surface area is 166 Å². The largest absolute Gasteiger partial charge is 0.396 e. The summed E-state index contributed by atoms with van der Waals surface area (Å²) in [6.45, 7) is 1.89. The number of hydrogen-bond donors (Lipinski definition) is 1. The van der Waals surface area contributed by atoms with Gasteiger partial charge in [0.1, 0.15) is 0 Å². The Morgan fingerprint density at radius 2 is 1.96 bits per heavy atom. The van der Waals surface area contributed by atoms with Crippen molar-refractivity contribution in [1.29, 1.82) is 5.26 Å². The first-order valence-electron chi connectivity index (χ1n) is 8.53. The fourth-order valence-corrected chi connectivity index (χ4v) is 3.49. The lowest BCUT2D eigenvalue weighted by molar-refractivity contribution is 0.847. The smallest absolute Gasteiger partial charge is 0.250 e. The number of aryl methyl sites for hydroxylation is 2. The van der Waals surface area contributed by atoms with E-state index >= 15 is 0 Å². The van der Waals surface area contributed by atoms with Gasteiger partial charge in [0.25, 0.3) is 0 Å². The van der Waals surface area contributed by atoms with Crippen LogP contribution in [0.5, 0.6) is 0 Å². The van der Waals surface area contributed by atoms with E-state index in [0.29, 0.717) is 21.8 Å². The molecule has 2 N–H and O–H groups in total.